The molecule has 0 aliphatic heterocycles. The van der Waals surface area contributed by atoms with Gasteiger partial charge in [-0.15, -0.1) is 0 Å². The maximum absolute atomic E-state index is 12.9. The molecule has 0 radical (unpaired) electrons. The van der Waals surface area contributed by atoms with Gasteiger partial charge < -0.3 is 0 Å². The molecule has 0 saturated carbocycles. The van der Waals surface area contributed by atoms with E-state index in [1.807, 2.05) is 42.5 Å². The summed E-state index contributed by atoms with van der Waals surface area (Å²) >= 11 is 0. The fourth-order valence-electron chi connectivity index (χ4n) is 2.97. The summed E-state index contributed by atoms with van der Waals surface area (Å²) in [6, 6.07) is 23.1. The number of nitrogens with one attached hydrogen (secondary N) is 1. The third kappa shape index (κ3) is 3.78. The summed E-state index contributed by atoms with van der Waals surface area (Å²) in [5, 5.41) is 11.5. The van der Waals surface area contributed by atoms with Gasteiger partial charge in [0.15, 0.2) is 0 Å². The number of nitrogens with zero attached hydrogens (tertiary/aromatic N) is 2. The van der Waals surface area contributed by atoms with E-state index >= 15 is 0 Å². The number of nitro benzene ring substituents is 1. The average Bonchev–Trinajstić information content (AvgIpc) is 2.74. The number of benzene rings is 3. The van der Waals surface area contributed by atoms with Crippen LogP contribution in [0.3, 0.4) is 0 Å². The van der Waals surface area contributed by atoms with Crippen molar-refractivity contribution in [3.05, 3.63) is 95.0 Å². The number of aromatic nitrogens is 1. The van der Waals surface area contributed by atoms with E-state index in [1.54, 1.807) is 18.2 Å². The van der Waals surface area contributed by atoms with Crippen LogP contribution in [0.2, 0.25) is 0 Å². The Kier molecular flexibility index (Phi) is 4.69. The lowest BCUT2D eigenvalue weighted by Gasteiger charge is -2.13. The Bertz CT molecular complexity index is 1310. The number of hydrogen-bond donors (Lipinski definition) is 1. The lowest BCUT2D eigenvalue weighted by atomic mass is 10.1. The van der Waals surface area contributed by atoms with Crippen LogP contribution in [0.15, 0.2) is 89.8 Å². The van der Waals surface area contributed by atoms with Crippen molar-refractivity contribution in [2.45, 2.75) is 4.90 Å². The second-order valence-electron chi connectivity index (χ2n) is 6.29. The van der Waals surface area contributed by atoms with Crippen LogP contribution in [-0.2, 0) is 10.0 Å². The number of anilines is 1. The number of non-ortho nitro benzene ring substituents is 1. The van der Waals surface area contributed by atoms with Crippen molar-refractivity contribution >= 4 is 32.3 Å². The van der Waals surface area contributed by atoms with Crippen molar-refractivity contribution in [2.24, 2.45) is 0 Å². The SMILES string of the molecule is O=[N+]([O-])c1ccc(S(=O)(=O)Nc2cc(-c3ccccc3)nc3ccccc23)cc1. The summed E-state index contributed by atoms with van der Waals surface area (Å²) in [4.78, 5) is 14.8. The lowest BCUT2D eigenvalue weighted by Crippen LogP contribution is -2.13. The molecular weight excluding hydrogens is 390 g/mol. The quantitative estimate of drug-likeness (QED) is 0.386. The predicted octanol–water partition coefficient (Wildman–Crippen LogP) is 4.61. The highest BCUT2D eigenvalue weighted by Crippen LogP contribution is 2.30. The Morgan fingerprint density at radius 2 is 1.52 bits per heavy atom. The second-order valence-corrected chi connectivity index (χ2v) is 7.98. The molecule has 0 fully saturated rings. The van der Waals surface area contributed by atoms with Gasteiger partial charge in [0, 0.05) is 23.1 Å². The van der Waals surface area contributed by atoms with Gasteiger partial charge in [0.25, 0.3) is 15.7 Å². The Balaban J connectivity index is 1.79. The van der Waals surface area contributed by atoms with E-state index in [9.17, 15) is 18.5 Å². The summed E-state index contributed by atoms with van der Waals surface area (Å²) in [5.41, 5.74) is 2.34. The standard InChI is InChI=1S/C21H15N3O4S/c25-24(26)16-10-12-17(13-11-16)29(27,28)23-21-14-20(15-6-2-1-3-7-15)22-19-9-5-4-8-18(19)21/h1-14H,(H,22,23). The number of fused-ring (bicyclic) bond motifs is 1. The van der Waals surface area contributed by atoms with Crippen molar-refractivity contribution in [1.29, 1.82) is 0 Å². The van der Waals surface area contributed by atoms with Gasteiger partial charge in [-0.25, -0.2) is 13.4 Å². The molecule has 0 saturated heterocycles. The molecule has 4 rings (SSSR count). The van der Waals surface area contributed by atoms with Crippen molar-refractivity contribution < 1.29 is 13.3 Å². The van der Waals surface area contributed by atoms with E-state index in [4.69, 9.17) is 0 Å². The molecule has 0 unspecified atom stereocenters. The van der Waals surface area contributed by atoms with E-state index in [0.29, 0.717) is 22.3 Å². The van der Waals surface area contributed by atoms with Crippen molar-refractivity contribution in [3.63, 3.8) is 0 Å². The van der Waals surface area contributed by atoms with Crippen LogP contribution < -0.4 is 4.72 Å². The molecule has 1 N–H and O–H groups in total. The smallest absolute Gasteiger partial charge is 0.269 e. The van der Waals surface area contributed by atoms with Gasteiger partial charge in [-0.2, -0.15) is 0 Å². The molecule has 7 nitrogen and oxygen atoms in total. The van der Waals surface area contributed by atoms with Crippen LogP contribution in [0.25, 0.3) is 22.2 Å². The largest absolute Gasteiger partial charge is 0.279 e. The second kappa shape index (κ2) is 7.33. The van der Waals surface area contributed by atoms with Crippen LogP contribution >= 0.6 is 0 Å². The van der Waals surface area contributed by atoms with E-state index in [-0.39, 0.29) is 10.6 Å². The Hall–Kier alpha value is -3.78. The molecule has 29 heavy (non-hydrogen) atoms. The number of hydrogen-bond acceptors (Lipinski definition) is 5. The molecule has 0 spiro atoms. The van der Waals surface area contributed by atoms with Crippen LogP contribution in [0.4, 0.5) is 11.4 Å². The molecule has 1 aromatic heterocycles. The lowest BCUT2D eigenvalue weighted by molar-refractivity contribution is -0.384. The van der Waals surface area contributed by atoms with Crippen molar-refractivity contribution in [2.75, 3.05) is 4.72 Å². The van der Waals surface area contributed by atoms with Gasteiger partial charge in [0.05, 0.1) is 26.7 Å². The number of nitro groups is 1. The average molecular weight is 405 g/mol. The van der Waals surface area contributed by atoms with Crippen LogP contribution in [0.5, 0.6) is 0 Å². The fourth-order valence-corrected chi connectivity index (χ4v) is 4.04. The fraction of sp³-hybridized carbons (Fsp3) is 0. The number of rotatable bonds is 5. The summed E-state index contributed by atoms with van der Waals surface area (Å²) in [6.45, 7) is 0. The maximum atomic E-state index is 12.9. The molecule has 144 valence electrons. The molecule has 3 aromatic carbocycles. The molecule has 4 aromatic rings. The van der Waals surface area contributed by atoms with E-state index < -0.39 is 14.9 Å². The van der Waals surface area contributed by atoms with Crippen LogP contribution in [0.1, 0.15) is 0 Å². The first-order valence-electron chi connectivity index (χ1n) is 8.66. The third-order valence-electron chi connectivity index (χ3n) is 4.39. The van der Waals surface area contributed by atoms with Gasteiger partial charge >= 0.3 is 0 Å². The zero-order chi connectivity index (χ0) is 20.4. The normalized spacial score (nSPS) is 11.3. The Morgan fingerprint density at radius 1 is 0.862 bits per heavy atom. The monoisotopic (exact) mass is 405 g/mol. The first-order chi connectivity index (χ1) is 13.9. The minimum Gasteiger partial charge on any atom is -0.279 e. The number of sulfonamides is 1. The summed E-state index contributed by atoms with van der Waals surface area (Å²) in [7, 11) is -3.95. The van der Waals surface area contributed by atoms with Gasteiger partial charge in [-0.1, -0.05) is 48.5 Å². The first kappa shape index (κ1) is 18.6. The molecule has 0 aliphatic carbocycles. The molecule has 0 atom stereocenters. The van der Waals surface area contributed by atoms with Gasteiger partial charge in [-0.3, -0.25) is 14.8 Å². The minimum atomic E-state index is -3.95. The molecule has 1 heterocycles. The Morgan fingerprint density at radius 3 is 2.21 bits per heavy atom. The topological polar surface area (TPSA) is 102 Å². The van der Waals surface area contributed by atoms with Gasteiger partial charge in [-0.05, 0) is 24.3 Å². The highest BCUT2D eigenvalue weighted by Gasteiger charge is 2.18. The molecule has 8 heteroatoms. The van der Waals surface area contributed by atoms with Crippen molar-refractivity contribution in [1.82, 2.24) is 4.98 Å². The predicted molar refractivity (Wildman–Crippen MR) is 111 cm³/mol. The molecule has 0 bridgehead atoms. The summed E-state index contributed by atoms with van der Waals surface area (Å²) in [5.74, 6) is 0. The van der Waals surface area contributed by atoms with Crippen LogP contribution in [0, 0.1) is 10.1 Å². The van der Waals surface area contributed by atoms with Crippen molar-refractivity contribution in [3.8, 4) is 11.3 Å². The van der Waals surface area contributed by atoms with Crippen LogP contribution in [-0.4, -0.2) is 18.3 Å². The first-order valence-corrected chi connectivity index (χ1v) is 10.1. The number of pyridine rings is 1. The zero-order valence-corrected chi connectivity index (χ0v) is 15.8. The minimum absolute atomic E-state index is 0.0646. The molecular formula is C21H15N3O4S. The number of para-hydroxylation sites is 1. The highest BCUT2D eigenvalue weighted by molar-refractivity contribution is 7.92. The van der Waals surface area contributed by atoms with Gasteiger partial charge in [0.1, 0.15) is 0 Å². The summed E-state index contributed by atoms with van der Waals surface area (Å²) < 4.78 is 28.3. The molecule has 0 amide bonds. The van der Waals surface area contributed by atoms with E-state index in [1.165, 1.54) is 12.1 Å². The Labute approximate surface area is 166 Å². The van der Waals surface area contributed by atoms with E-state index in [0.717, 1.165) is 17.7 Å². The highest BCUT2D eigenvalue weighted by atomic mass is 32.2. The zero-order valence-electron chi connectivity index (χ0n) is 15.0. The summed E-state index contributed by atoms with van der Waals surface area (Å²) in [6.07, 6.45) is 0. The van der Waals surface area contributed by atoms with Gasteiger partial charge in [0.2, 0.25) is 0 Å². The molecule has 0 aliphatic rings. The third-order valence-corrected chi connectivity index (χ3v) is 5.77. The maximum Gasteiger partial charge on any atom is 0.269 e. The van der Waals surface area contributed by atoms with E-state index in [2.05, 4.69) is 9.71 Å².